The molecular weight excluding hydrogens is 338 g/mol. The Balaban J connectivity index is 0.00000225. The summed E-state index contributed by atoms with van der Waals surface area (Å²) >= 11 is 0. The Kier molecular flexibility index (Phi) is 4.58. The van der Waals surface area contributed by atoms with Crippen LogP contribution in [-0.2, 0) is 4.79 Å². The second-order valence-electron chi connectivity index (χ2n) is 7.54. The number of anilines is 1. The number of piperidine rings is 1. The molecule has 27 heavy (non-hydrogen) atoms. The average molecular weight is 363 g/mol. The number of benzene rings is 1. The van der Waals surface area contributed by atoms with E-state index in [1.54, 1.807) is 24.8 Å². The van der Waals surface area contributed by atoms with Gasteiger partial charge in [0.05, 0.1) is 11.9 Å². The fourth-order valence-electron chi connectivity index (χ4n) is 3.42. The molecular formula is C21H25N5O. The first-order valence-electron chi connectivity index (χ1n) is 9.20. The van der Waals surface area contributed by atoms with Crippen LogP contribution in [0.1, 0.15) is 21.2 Å². The smallest absolute Gasteiger partial charge is 0.231 e. The molecule has 1 fully saturated rings. The molecule has 6 nitrogen and oxygen atoms in total. The molecule has 6 heteroatoms. The van der Waals surface area contributed by atoms with E-state index in [-0.39, 0.29) is 12.7 Å². The standard InChI is InChI=1S/C21H23N5O.H2/c1-21(5-9-26(2)10-6-21)20(27)25-19-12-17-11-15(3-4-16(17)13-24-19)18-14-22-7-8-23-18;/h3-4,7-8,11-14H,5-6,9-10H2,1-2H3,(H,24,25,27);1H. The summed E-state index contributed by atoms with van der Waals surface area (Å²) in [4.78, 5) is 28.0. The highest BCUT2D eigenvalue weighted by Gasteiger charge is 2.36. The van der Waals surface area contributed by atoms with Gasteiger partial charge in [-0.05, 0) is 50.5 Å². The van der Waals surface area contributed by atoms with Crippen molar-refractivity contribution in [2.24, 2.45) is 5.41 Å². The fourth-order valence-corrected chi connectivity index (χ4v) is 3.42. The van der Waals surface area contributed by atoms with E-state index in [0.29, 0.717) is 5.82 Å². The molecule has 0 atom stereocenters. The number of nitrogens with zero attached hydrogens (tertiary/aromatic N) is 4. The summed E-state index contributed by atoms with van der Waals surface area (Å²) in [5.74, 6) is 0.636. The predicted molar refractivity (Wildman–Crippen MR) is 108 cm³/mol. The highest BCUT2D eigenvalue weighted by Crippen LogP contribution is 2.32. The SMILES string of the molecule is CN1CCC(C)(C(=O)Nc2cc3cc(-c4cnccn4)ccc3cn2)CC1.[HH]. The van der Waals surface area contributed by atoms with Gasteiger partial charge in [-0.25, -0.2) is 4.98 Å². The lowest BCUT2D eigenvalue weighted by Crippen LogP contribution is -2.43. The molecule has 0 saturated carbocycles. The zero-order chi connectivity index (χ0) is 18.9. The number of carbonyl (C=O) groups is 1. The van der Waals surface area contributed by atoms with Gasteiger partial charge in [0.2, 0.25) is 5.91 Å². The van der Waals surface area contributed by atoms with E-state index in [4.69, 9.17) is 0 Å². The number of pyridine rings is 1. The Morgan fingerprint density at radius 3 is 2.67 bits per heavy atom. The average Bonchev–Trinajstić information content (AvgIpc) is 2.70. The van der Waals surface area contributed by atoms with Crippen LogP contribution in [0, 0.1) is 5.41 Å². The highest BCUT2D eigenvalue weighted by atomic mass is 16.2. The molecule has 4 rings (SSSR count). The first-order valence-corrected chi connectivity index (χ1v) is 9.20. The van der Waals surface area contributed by atoms with Gasteiger partial charge in [0.1, 0.15) is 5.82 Å². The third-order valence-corrected chi connectivity index (χ3v) is 5.46. The number of likely N-dealkylation sites (tertiary alicyclic amines) is 1. The number of hydrogen-bond acceptors (Lipinski definition) is 5. The molecule has 1 saturated heterocycles. The van der Waals surface area contributed by atoms with Crippen molar-refractivity contribution in [1.29, 1.82) is 0 Å². The summed E-state index contributed by atoms with van der Waals surface area (Å²) < 4.78 is 0. The van der Waals surface area contributed by atoms with Crippen LogP contribution in [-0.4, -0.2) is 45.9 Å². The fraction of sp³-hybridized carbons (Fsp3) is 0.333. The Morgan fingerprint density at radius 2 is 1.93 bits per heavy atom. The van der Waals surface area contributed by atoms with Crippen LogP contribution in [0.4, 0.5) is 5.82 Å². The second-order valence-corrected chi connectivity index (χ2v) is 7.54. The molecule has 0 unspecified atom stereocenters. The minimum atomic E-state index is -0.343. The van der Waals surface area contributed by atoms with Crippen LogP contribution in [0.3, 0.4) is 0 Å². The van der Waals surface area contributed by atoms with Gasteiger partial charge in [-0.1, -0.05) is 19.1 Å². The number of fused-ring (bicyclic) bond motifs is 1. The summed E-state index contributed by atoms with van der Waals surface area (Å²) in [6.45, 7) is 3.93. The van der Waals surface area contributed by atoms with Gasteiger partial charge in [0.25, 0.3) is 0 Å². The summed E-state index contributed by atoms with van der Waals surface area (Å²) in [6.07, 6.45) is 8.60. The predicted octanol–water partition coefficient (Wildman–Crippen LogP) is 3.61. The van der Waals surface area contributed by atoms with Gasteiger partial charge in [0, 0.05) is 36.4 Å². The Hall–Kier alpha value is -2.86. The van der Waals surface area contributed by atoms with Crippen molar-refractivity contribution in [3.05, 3.63) is 49.1 Å². The molecule has 140 valence electrons. The zero-order valence-corrected chi connectivity index (χ0v) is 15.6. The third kappa shape index (κ3) is 3.66. The highest BCUT2D eigenvalue weighted by molar-refractivity contribution is 5.96. The van der Waals surface area contributed by atoms with Crippen molar-refractivity contribution < 1.29 is 6.22 Å². The summed E-state index contributed by atoms with van der Waals surface area (Å²) in [5, 5.41) is 5.05. The van der Waals surface area contributed by atoms with Crippen molar-refractivity contribution >= 4 is 22.5 Å². The van der Waals surface area contributed by atoms with E-state index in [0.717, 1.165) is 48.0 Å². The van der Waals surface area contributed by atoms with E-state index in [1.807, 2.05) is 31.2 Å². The maximum absolute atomic E-state index is 12.8. The Bertz CT molecular complexity index is 971. The lowest BCUT2D eigenvalue weighted by molar-refractivity contribution is -0.127. The first-order chi connectivity index (χ1) is 13.0. The minimum absolute atomic E-state index is 0. The molecule has 1 N–H and O–H groups in total. The first kappa shape index (κ1) is 17.5. The molecule has 0 bridgehead atoms. The summed E-state index contributed by atoms with van der Waals surface area (Å²) in [7, 11) is 2.09. The number of hydrogen-bond donors (Lipinski definition) is 1. The topological polar surface area (TPSA) is 71.0 Å². The summed E-state index contributed by atoms with van der Waals surface area (Å²) in [5.41, 5.74) is 1.46. The van der Waals surface area contributed by atoms with Crippen LogP contribution in [0.5, 0.6) is 0 Å². The third-order valence-electron chi connectivity index (χ3n) is 5.46. The molecule has 1 aliphatic heterocycles. The molecule has 3 aromatic rings. The number of nitrogens with one attached hydrogen (secondary N) is 1. The number of rotatable bonds is 3. The number of aromatic nitrogens is 3. The van der Waals surface area contributed by atoms with Gasteiger partial charge in [0.15, 0.2) is 0 Å². The van der Waals surface area contributed by atoms with Gasteiger partial charge in [-0.2, -0.15) is 0 Å². The molecule has 1 aliphatic rings. The van der Waals surface area contributed by atoms with Crippen molar-refractivity contribution in [1.82, 2.24) is 19.9 Å². The Morgan fingerprint density at radius 1 is 1.11 bits per heavy atom. The van der Waals surface area contributed by atoms with Gasteiger partial charge in [-0.3, -0.25) is 14.8 Å². The Labute approximate surface area is 160 Å². The lowest BCUT2D eigenvalue weighted by Gasteiger charge is -2.36. The molecule has 2 aromatic heterocycles. The van der Waals surface area contributed by atoms with Gasteiger partial charge in [-0.15, -0.1) is 0 Å². The van der Waals surface area contributed by atoms with Crippen LogP contribution < -0.4 is 5.32 Å². The monoisotopic (exact) mass is 363 g/mol. The maximum Gasteiger partial charge on any atom is 0.231 e. The lowest BCUT2D eigenvalue weighted by atomic mass is 9.79. The van der Waals surface area contributed by atoms with Crippen LogP contribution in [0.15, 0.2) is 49.1 Å². The van der Waals surface area contributed by atoms with Gasteiger partial charge >= 0.3 is 0 Å². The molecule has 1 amide bonds. The van der Waals surface area contributed by atoms with E-state index in [1.165, 1.54) is 0 Å². The normalized spacial score (nSPS) is 17.0. The van der Waals surface area contributed by atoms with Crippen LogP contribution in [0.25, 0.3) is 22.0 Å². The van der Waals surface area contributed by atoms with E-state index in [9.17, 15) is 4.79 Å². The van der Waals surface area contributed by atoms with Crippen molar-refractivity contribution in [3.63, 3.8) is 0 Å². The van der Waals surface area contributed by atoms with Crippen molar-refractivity contribution in [2.75, 3.05) is 25.5 Å². The second kappa shape index (κ2) is 7.04. The largest absolute Gasteiger partial charge is 0.310 e. The summed E-state index contributed by atoms with van der Waals surface area (Å²) in [6, 6.07) is 7.99. The van der Waals surface area contributed by atoms with E-state index in [2.05, 4.69) is 32.2 Å². The minimum Gasteiger partial charge on any atom is -0.310 e. The van der Waals surface area contributed by atoms with Crippen LogP contribution >= 0.6 is 0 Å². The van der Waals surface area contributed by atoms with Crippen molar-refractivity contribution in [3.8, 4) is 11.3 Å². The van der Waals surface area contributed by atoms with Crippen LogP contribution in [0.2, 0.25) is 0 Å². The molecule has 0 spiro atoms. The molecule has 1 aromatic carbocycles. The molecule has 3 heterocycles. The molecule has 0 radical (unpaired) electrons. The molecule has 0 aliphatic carbocycles. The van der Waals surface area contributed by atoms with Gasteiger partial charge < -0.3 is 10.2 Å². The maximum atomic E-state index is 12.8. The quantitative estimate of drug-likeness (QED) is 0.770. The van der Waals surface area contributed by atoms with E-state index >= 15 is 0 Å². The number of carbonyl (C=O) groups excluding carboxylic acids is 1. The zero-order valence-electron chi connectivity index (χ0n) is 15.6. The van der Waals surface area contributed by atoms with E-state index < -0.39 is 0 Å². The number of amides is 1. The van der Waals surface area contributed by atoms with Crippen molar-refractivity contribution in [2.45, 2.75) is 19.8 Å².